The van der Waals surface area contributed by atoms with E-state index in [1.165, 1.54) is 0 Å². The number of hydrogen-bond donors (Lipinski definition) is 1. The van der Waals surface area contributed by atoms with Gasteiger partial charge in [0.2, 0.25) is 0 Å². The molecule has 6 heteroatoms. The number of nitrogens with zero attached hydrogens (tertiary/aromatic N) is 2. The van der Waals surface area contributed by atoms with Gasteiger partial charge in [-0.05, 0) is 84.1 Å². The summed E-state index contributed by atoms with van der Waals surface area (Å²) in [5.74, 6) is -0.677. The molecule has 1 unspecified atom stereocenters. The van der Waals surface area contributed by atoms with Crippen LogP contribution in [-0.2, 0) is 9.59 Å². The van der Waals surface area contributed by atoms with Gasteiger partial charge in [-0.15, -0.1) is 0 Å². The van der Waals surface area contributed by atoms with Crippen molar-refractivity contribution in [1.29, 1.82) is 0 Å². The smallest absolute Gasteiger partial charge is 0.295 e. The zero-order valence-corrected chi connectivity index (χ0v) is 20.4. The fraction of sp³-hybridized carbons (Fsp3) is 0.407. The van der Waals surface area contributed by atoms with Crippen LogP contribution in [0.3, 0.4) is 0 Å². The monoisotopic (exact) mass is 450 g/mol. The van der Waals surface area contributed by atoms with E-state index < -0.39 is 17.7 Å². The third-order valence-electron chi connectivity index (χ3n) is 5.76. The number of benzene rings is 2. The zero-order valence-electron chi connectivity index (χ0n) is 20.4. The maximum Gasteiger partial charge on any atom is 0.295 e. The number of aliphatic hydroxyl groups is 1. The number of hydrogen-bond acceptors (Lipinski definition) is 5. The van der Waals surface area contributed by atoms with E-state index in [0.717, 1.165) is 29.7 Å². The zero-order chi connectivity index (χ0) is 24.3. The summed E-state index contributed by atoms with van der Waals surface area (Å²) in [6.45, 7) is 8.96. The van der Waals surface area contributed by atoms with Crippen molar-refractivity contribution in [2.45, 2.75) is 46.3 Å². The van der Waals surface area contributed by atoms with Crippen LogP contribution in [0.25, 0.3) is 5.76 Å². The highest BCUT2D eigenvalue weighted by Crippen LogP contribution is 2.40. The normalized spacial score (nSPS) is 17.9. The molecule has 1 aliphatic rings. The summed E-state index contributed by atoms with van der Waals surface area (Å²) in [6, 6.07) is 12.5. The molecular formula is C27H34N2O4. The second-order valence-electron chi connectivity index (χ2n) is 9.20. The van der Waals surface area contributed by atoms with E-state index in [4.69, 9.17) is 4.74 Å². The summed E-state index contributed by atoms with van der Waals surface area (Å²) >= 11 is 0. The highest BCUT2D eigenvalue weighted by atomic mass is 16.5. The number of Topliss-reactive ketones (excluding diaryl/α,β-unsaturated/α-hetero) is 1. The van der Waals surface area contributed by atoms with Crippen molar-refractivity contribution in [3.63, 3.8) is 0 Å². The van der Waals surface area contributed by atoms with E-state index >= 15 is 0 Å². The Morgan fingerprint density at radius 3 is 2.33 bits per heavy atom. The standard InChI is InChI=1S/C27H34N2O4/c1-17(2)33-21-12-13-22(19(4)16-21)25(30)23-24(20-10-8-18(3)9-11-20)29(27(32)26(23)31)15-7-14-28(5)6/h8-13,16-17,24,30H,7,14-15H2,1-6H3. The van der Waals surface area contributed by atoms with Crippen molar-refractivity contribution in [2.24, 2.45) is 0 Å². The Kier molecular flexibility index (Phi) is 7.59. The molecule has 33 heavy (non-hydrogen) atoms. The SMILES string of the molecule is Cc1ccc(C2C(=C(O)c3ccc(OC(C)C)cc3C)C(=O)C(=O)N2CCCN(C)C)cc1. The number of aliphatic hydroxyl groups excluding tert-OH is 1. The van der Waals surface area contributed by atoms with Crippen LogP contribution in [0, 0.1) is 13.8 Å². The van der Waals surface area contributed by atoms with Gasteiger partial charge >= 0.3 is 0 Å². The first-order chi connectivity index (χ1) is 15.6. The average molecular weight is 451 g/mol. The maximum absolute atomic E-state index is 13.2. The molecule has 0 radical (unpaired) electrons. The Labute approximate surface area is 196 Å². The van der Waals surface area contributed by atoms with Gasteiger partial charge in [-0.3, -0.25) is 9.59 Å². The van der Waals surface area contributed by atoms with Crippen molar-refractivity contribution < 1.29 is 19.4 Å². The van der Waals surface area contributed by atoms with Crippen molar-refractivity contribution in [3.8, 4) is 5.75 Å². The van der Waals surface area contributed by atoms with Crippen LogP contribution in [0.1, 0.15) is 48.6 Å². The number of ether oxygens (including phenoxy) is 1. The molecule has 176 valence electrons. The summed E-state index contributed by atoms with van der Waals surface area (Å²) in [6.07, 6.45) is 0.751. The van der Waals surface area contributed by atoms with Crippen molar-refractivity contribution in [3.05, 3.63) is 70.3 Å². The first kappa shape index (κ1) is 24.5. The Bertz CT molecular complexity index is 1050. The van der Waals surface area contributed by atoms with E-state index in [9.17, 15) is 14.7 Å². The van der Waals surface area contributed by atoms with Crippen LogP contribution in [0.4, 0.5) is 0 Å². The number of amides is 1. The largest absolute Gasteiger partial charge is 0.507 e. The summed E-state index contributed by atoms with van der Waals surface area (Å²) in [5.41, 5.74) is 3.32. The molecule has 0 saturated carbocycles. The first-order valence-electron chi connectivity index (χ1n) is 11.4. The van der Waals surface area contributed by atoms with E-state index in [2.05, 4.69) is 0 Å². The summed E-state index contributed by atoms with van der Waals surface area (Å²) < 4.78 is 5.74. The minimum Gasteiger partial charge on any atom is -0.507 e. The molecule has 0 aliphatic carbocycles. The molecule has 1 fully saturated rings. The third kappa shape index (κ3) is 5.45. The molecule has 1 heterocycles. The molecule has 0 spiro atoms. The van der Waals surface area contributed by atoms with Gasteiger partial charge in [-0.2, -0.15) is 0 Å². The fourth-order valence-corrected chi connectivity index (χ4v) is 4.16. The van der Waals surface area contributed by atoms with Crippen LogP contribution in [-0.4, -0.2) is 59.9 Å². The Morgan fingerprint density at radius 1 is 1.09 bits per heavy atom. The molecule has 6 nitrogen and oxygen atoms in total. The highest BCUT2D eigenvalue weighted by molar-refractivity contribution is 6.46. The van der Waals surface area contributed by atoms with Crippen molar-refractivity contribution >= 4 is 17.4 Å². The van der Waals surface area contributed by atoms with Crippen molar-refractivity contribution in [2.75, 3.05) is 27.2 Å². The van der Waals surface area contributed by atoms with Gasteiger partial charge in [0.1, 0.15) is 11.5 Å². The first-order valence-corrected chi connectivity index (χ1v) is 11.4. The minimum atomic E-state index is -0.648. The molecule has 2 aromatic carbocycles. The fourth-order valence-electron chi connectivity index (χ4n) is 4.16. The molecular weight excluding hydrogens is 416 g/mol. The molecule has 1 saturated heterocycles. The Balaban J connectivity index is 2.08. The number of rotatable bonds is 8. The lowest BCUT2D eigenvalue weighted by atomic mass is 9.93. The predicted molar refractivity (Wildman–Crippen MR) is 130 cm³/mol. The molecule has 0 bridgehead atoms. The highest BCUT2D eigenvalue weighted by Gasteiger charge is 2.45. The van der Waals surface area contributed by atoms with Gasteiger partial charge < -0.3 is 19.6 Å². The van der Waals surface area contributed by atoms with Gasteiger partial charge in [0.15, 0.2) is 0 Å². The lowest BCUT2D eigenvalue weighted by Crippen LogP contribution is -2.32. The van der Waals surface area contributed by atoms with Crippen LogP contribution in [0.2, 0.25) is 0 Å². The molecule has 2 aromatic rings. The summed E-state index contributed by atoms with van der Waals surface area (Å²) in [5, 5.41) is 11.3. The molecule has 1 atom stereocenters. The Morgan fingerprint density at radius 2 is 1.76 bits per heavy atom. The quantitative estimate of drug-likeness (QED) is 0.365. The van der Waals surface area contributed by atoms with Gasteiger partial charge in [-0.1, -0.05) is 29.8 Å². The second kappa shape index (κ2) is 10.2. The van der Waals surface area contributed by atoms with Crippen LogP contribution < -0.4 is 4.74 Å². The lowest BCUT2D eigenvalue weighted by Gasteiger charge is -2.26. The minimum absolute atomic E-state index is 0.0258. The van der Waals surface area contributed by atoms with Gasteiger partial charge in [0, 0.05) is 12.1 Å². The molecule has 1 N–H and O–H groups in total. The van der Waals surface area contributed by atoms with Gasteiger partial charge in [0.25, 0.3) is 11.7 Å². The van der Waals surface area contributed by atoms with E-state index in [0.29, 0.717) is 17.9 Å². The number of carbonyl (C=O) groups is 2. The summed E-state index contributed by atoms with van der Waals surface area (Å²) in [4.78, 5) is 29.8. The van der Waals surface area contributed by atoms with Crippen molar-refractivity contribution in [1.82, 2.24) is 9.80 Å². The molecule has 1 amide bonds. The Hall–Kier alpha value is -3.12. The van der Waals surface area contributed by atoms with E-state index in [-0.39, 0.29) is 17.4 Å². The summed E-state index contributed by atoms with van der Waals surface area (Å²) in [7, 11) is 3.95. The van der Waals surface area contributed by atoms with Crippen LogP contribution in [0.15, 0.2) is 48.0 Å². The van der Waals surface area contributed by atoms with Gasteiger partial charge in [-0.25, -0.2) is 0 Å². The average Bonchev–Trinajstić information content (AvgIpc) is 2.98. The number of ketones is 1. The van der Waals surface area contributed by atoms with Crippen LogP contribution >= 0.6 is 0 Å². The third-order valence-corrected chi connectivity index (χ3v) is 5.76. The molecule has 3 rings (SSSR count). The maximum atomic E-state index is 13.2. The topological polar surface area (TPSA) is 70.1 Å². The van der Waals surface area contributed by atoms with Crippen LogP contribution in [0.5, 0.6) is 5.75 Å². The van der Waals surface area contributed by atoms with E-state index in [1.807, 2.05) is 77.0 Å². The number of aryl methyl sites for hydroxylation is 2. The molecule has 0 aromatic heterocycles. The lowest BCUT2D eigenvalue weighted by molar-refractivity contribution is -0.139. The number of carbonyl (C=O) groups excluding carboxylic acids is 2. The second-order valence-corrected chi connectivity index (χ2v) is 9.20. The predicted octanol–water partition coefficient (Wildman–Crippen LogP) is 4.46. The van der Waals surface area contributed by atoms with Gasteiger partial charge in [0.05, 0.1) is 17.7 Å². The van der Waals surface area contributed by atoms with E-state index in [1.54, 1.807) is 17.0 Å². The molecule has 1 aliphatic heterocycles. The number of likely N-dealkylation sites (tertiary alicyclic amines) is 1.